The fraction of sp³-hybridized carbons (Fsp3) is 0.136. The van der Waals surface area contributed by atoms with Crippen molar-refractivity contribution in [3.05, 3.63) is 71.9 Å². The molecule has 146 valence electrons. The largest absolute Gasteiger partial charge is 0.492 e. The van der Waals surface area contributed by atoms with Crippen LogP contribution in [0.5, 0.6) is 5.75 Å². The maximum absolute atomic E-state index is 12.5. The lowest BCUT2D eigenvalue weighted by molar-refractivity contribution is -0.128. The van der Waals surface area contributed by atoms with Crippen LogP contribution >= 0.6 is 12.2 Å². The van der Waals surface area contributed by atoms with Crippen molar-refractivity contribution in [3.63, 3.8) is 0 Å². The van der Waals surface area contributed by atoms with Gasteiger partial charge in [-0.2, -0.15) is 0 Å². The summed E-state index contributed by atoms with van der Waals surface area (Å²) in [6.45, 7) is 1.12. The molecule has 3 aromatic rings. The van der Waals surface area contributed by atoms with Crippen LogP contribution in [0.3, 0.4) is 0 Å². The molecular formula is C22H19N3O3S. The third-order valence-electron chi connectivity index (χ3n) is 4.77. The van der Waals surface area contributed by atoms with Crippen LogP contribution in [0.1, 0.15) is 5.56 Å². The number of rotatable bonds is 5. The van der Waals surface area contributed by atoms with Crippen LogP contribution in [0, 0.1) is 0 Å². The summed E-state index contributed by atoms with van der Waals surface area (Å²) in [5, 5.41) is 3.60. The molecule has 2 aromatic carbocycles. The Morgan fingerprint density at radius 1 is 1.07 bits per heavy atom. The minimum absolute atomic E-state index is 0.0598. The second kappa shape index (κ2) is 7.89. The van der Waals surface area contributed by atoms with Crippen molar-refractivity contribution >= 4 is 46.1 Å². The Balaban J connectivity index is 1.63. The van der Waals surface area contributed by atoms with Crippen molar-refractivity contribution in [2.45, 2.75) is 6.54 Å². The highest BCUT2D eigenvalue weighted by Crippen LogP contribution is 2.25. The summed E-state index contributed by atoms with van der Waals surface area (Å²) in [7, 11) is 1.54. The van der Waals surface area contributed by atoms with E-state index in [1.54, 1.807) is 13.1 Å². The van der Waals surface area contributed by atoms with Crippen molar-refractivity contribution in [2.24, 2.45) is 0 Å². The van der Waals surface area contributed by atoms with Gasteiger partial charge < -0.3 is 9.30 Å². The highest BCUT2D eigenvalue weighted by atomic mass is 32.1. The predicted molar refractivity (Wildman–Crippen MR) is 115 cm³/mol. The summed E-state index contributed by atoms with van der Waals surface area (Å²) in [6, 6.07) is 17.5. The van der Waals surface area contributed by atoms with Gasteiger partial charge in [-0.1, -0.05) is 36.4 Å². The van der Waals surface area contributed by atoms with Crippen LogP contribution in [0.4, 0.5) is 0 Å². The Morgan fingerprint density at radius 3 is 2.59 bits per heavy atom. The number of para-hydroxylation sites is 2. The number of carbonyl (C=O) groups excluding carboxylic acids is 2. The minimum Gasteiger partial charge on any atom is -0.492 e. The molecular weight excluding hydrogens is 386 g/mol. The summed E-state index contributed by atoms with van der Waals surface area (Å²) >= 11 is 5.00. The van der Waals surface area contributed by atoms with Crippen LogP contribution in [-0.4, -0.2) is 40.0 Å². The first kappa shape index (κ1) is 18.9. The normalized spacial score (nSPS) is 15.8. The van der Waals surface area contributed by atoms with Crippen LogP contribution in [0.2, 0.25) is 0 Å². The summed E-state index contributed by atoms with van der Waals surface area (Å²) in [4.78, 5) is 26.1. The lowest BCUT2D eigenvalue weighted by Gasteiger charge is -2.24. The van der Waals surface area contributed by atoms with E-state index < -0.39 is 11.8 Å². The number of carbonyl (C=O) groups is 2. The molecule has 29 heavy (non-hydrogen) atoms. The number of hydrogen-bond acceptors (Lipinski definition) is 4. The van der Waals surface area contributed by atoms with Gasteiger partial charge in [0, 0.05) is 29.7 Å². The molecule has 4 rings (SSSR count). The monoisotopic (exact) mass is 405 g/mol. The molecule has 1 N–H and O–H groups in total. The standard InChI is InChI=1S/C22H19N3O3S/c1-24-21(27)18(20(26)23-22(24)29)13-15-14-25(19-10-6-5-9-17(15)19)11-12-28-16-7-3-2-4-8-16/h2-10,13-14H,11-12H2,1H3,(H,23,26,29)/b18-13-. The third-order valence-corrected chi connectivity index (χ3v) is 5.14. The number of fused-ring (bicyclic) bond motifs is 1. The Bertz CT molecular complexity index is 1130. The van der Waals surface area contributed by atoms with Crippen LogP contribution in [-0.2, 0) is 16.1 Å². The third kappa shape index (κ3) is 3.77. The molecule has 6 nitrogen and oxygen atoms in total. The van der Waals surface area contributed by atoms with Crippen LogP contribution < -0.4 is 10.1 Å². The van der Waals surface area contributed by atoms with Crippen molar-refractivity contribution in [3.8, 4) is 5.75 Å². The van der Waals surface area contributed by atoms with Gasteiger partial charge >= 0.3 is 0 Å². The van der Waals surface area contributed by atoms with Crippen LogP contribution in [0.15, 0.2) is 66.4 Å². The number of thiocarbonyl (C=S) groups is 1. The number of aromatic nitrogens is 1. The lowest BCUT2D eigenvalue weighted by Crippen LogP contribution is -2.52. The summed E-state index contributed by atoms with van der Waals surface area (Å²) in [5.74, 6) is -0.0832. The average molecular weight is 405 g/mol. The molecule has 1 aliphatic heterocycles. The number of nitrogens with zero attached hydrogens (tertiary/aromatic N) is 2. The number of likely N-dealkylation sites (N-methyl/N-ethyl adjacent to an activating group) is 1. The van der Waals surface area contributed by atoms with Gasteiger partial charge in [-0.15, -0.1) is 0 Å². The van der Waals surface area contributed by atoms with E-state index in [4.69, 9.17) is 17.0 Å². The van der Waals surface area contributed by atoms with E-state index in [2.05, 4.69) is 9.88 Å². The van der Waals surface area contributed by atoms with Gasteiger partial charge in [0.05, 0.1) is 6.54 Å². The Kier molecular flexibility index (Phi) is 5.14. The maximum Gasteiger partial charge on any atom is 0.265 e. The summed E-state index contributed by atoms with van der Waals surface area (Å²) in [6.07, 6.45) is 3.55. The lowest BCUT2D eigenvalue weighted by atomic mass is 10.1. The van der Waals surface area contributed by atoms with Crippen LogP contribution in [0.25, 0.3) is 17.0 Å². The first-order chi connectivity index (χ1) is 14.0. The first-order valence-corrected chi connectivity index (χ1v) is 9.56. The Morgan fingerprint density at radius 2 is 1.79 bits per heavy atom. The maximum atomic E-state index is 12.5. The summed E-state index contributed by atoms with van der Waals surface area (Å²) < 4.78 is 7.86. The number of ether oxygens (including phenoxy) is 1. The van der Waals surface area contributed by atoms with Crippen molar-refractivity contribution < 1.29 is 14.3 Å². The fourth-order valence-electron chi connectivity index (χ4n) is 3.25. The van der Waals surface area contributed by atoms with Gasteiger partial charge in [-0.05, 0) is 36.5 Å². The molecule has 7 heteroatoms. The molecule has 0 atom stereocenters. The zero-order chi connectivity index (χ0) is 20.4. The summed E-state index contributed by atoms with van der Waals surface area (Å²) in [5.41, 5.74) is 1.85. The van der Waals surface area contributed by atoms with E-state index in [1.807, 2.05) is 60.8 Å². The van der Waals surface area contributed by atoms with E-state index in [0.29, 0.717) is 13.2 Å². The van der Waals surface area contributed by atoms with Gasteiger partial charge in [0.2, 0.25) is 0 Å². The van der Waals surface area contributed by atoms with E-state index >= 15 is 0 Å². The first-order valence-electron chi connectivity index (χ1n) is 9.15. The van der Waals surface area contributed by atoms with Gasteiger partial charge in [0.1, 0.15) is 17.9 Å². The predicted octanol–water partition coefficient (Wildman–Crippen LogP) is 2.98. The quantitative estimate of drug-likeness (QED) is 0.403. The Labute approximate surface area is 173 Å². The van der Waals surface area contributed by atoms with Gasteiger partial charge in [0.15, 0.2) is 5.11 Å². The van der Waals surface area contributed by atoms with E-state index in [0.717, 1.165) is 22.2 Å². The number of nitrogens with one attached hydrogen (secondary N) is 1. The molecule has 0 saturated carbocycles. The molecule has 0 aliphatic carbocycles. The van der Waals surface area contributed by atoms with E-state index in [1.165, 1.54) is 4.90 Å². The minimum atomic E-state index is -0.484. The van der Waals surface area contributed by atoms with Crippen molar-refractivity contribution in [2.75, 3.05) is 13.7 Å². The molecule has 0 bridgehead atoms. The van der Waals surface area contributed by atoms with Gasteiger partial charge in [0.25, 0.3) is 11.8 Å². The highest BCUT2D eigenvalue weighted by molar-refractivity contribution is 7.80. The SMILES string of the molecule is CN1C(=O)/C(=C\c2cn(CCOc3ccccc3)c3ccccc23)C(=O)NC1=S. The number of benzene rings is 2. The average Bonchev–Trinajstić information content (AvgIpc) is 3.08. The van der Waals surface area contributed by atoms with Crippen molar-refractivity contribution in [1.82, 2.24) is 14.8 Å². The topological polar surface area (TPSA) is 63.6 Å². The van der Waals surface area contributed by atoms with Gasteiger partial charge in [-0.25, -0.2) is 0 Å². The van der Waals surface area contributed by atoms with Gasteiger partial charge in [-0.3, -0.25) is 19.8 Å². The highest BCUT2D eigenvalue weighted by Gasteiger charge is 2.31. The second-order valence-electron chi connectivity index (χ2n) is 6.64. The molecule has 0 radical (unpaired) electrons. The molecule has 2 heterocycles. The number of amides is 2. The second-order valence-corrected chi connectivity index (χ2v) is 7.02. The molecule has 1 aromatic heterocycles. The molecule has 1 saturated heterocycles. The van der Waals surface area contributed by atoms with E-state index in [-0.39, 0.29) is 10.7 Å². The fourth-order valence-corrected chi connectivity index (χ4v) is 3.43. The molecule has 1 aliphatic rings. The molecule has 0 spiro atoms. The zero-order valence-electron chi connectivity index (χ0n) is 15.8. The van der Waals surface area contributed by atoms with Crippen molar-refractivity contribution in [1.29, 1.82) is 0 Å². The smallest absolute Gasteiger partial charge is 0.265 e. The molecule has 0 unspecified atom stereocenters. The Hall–Kier alpha value is -3.45. The zero-order valence-corrected chi connectivity index (χ0v) is 16.6. The molecule has 2 amide bonds. The number of hydrogen-bond donors (Lipinski definition) is 1. The molecule has 1 fully saturated rings. The van der Waals surface area contributed by atoms with E-state index in [9.17, 15) is 9.59 Å².